The third-order valence-corrected chi connectivity index (χ3v) is 2.34. The molecule has 0 radical (unpaired) electrons. The summed E-state index contributed by atoms with van der Waals surface area (Å²) in [6.07, 6.45) is 0.690. The van der Waals surface area contributed by atoms with E-state index in [1.807, 2.05) is 0 Å². The fraction of sp³-hybridized carbons (Fsp3) is 0.818. The topological polar surface area (TPSA) is 88.1 Å². The molecule has 0 saturated carbocycles. The number of carboxylic acid groups (broad SMARTS) is 1. The Balaban J connectivity index is 4.24. The van der Waals surface area contributed by atoms with Crippen molar-refractivity contribution in [2.24, 2.45) is 0 Å². The molecular formula is C11H22N2O5. The second-order valence-corrected chi connectivity index (χ2v) is 3.84. The van der Waals surface area contributed by atoms with Gasteiger partial charge in [0.15, 0.2) is 0 Å². The first-order valence-corrected chi connectivity index (χ1v) is 5.79. The van der Waals surface area contributed by atoms with E-state index in [0.717, 1.165) is 0 Å². The lowest BCUT2D eigenvalue weighted by molar-refractivity contribution is -0.138. The standard InChI is InChI=1S/C11H22N2O5/c1-9(10(14)15)12-11(16)13(6-8-18-3)5-4-7-17-2/h9H,4-8H2,1-3H3,(H,12,16)(H,14,15)/t9-/m0/s1. The van der Waals surface area contributed by atoms with Gasteiger partial charge in [0, 0.05) is 33.9 Å². The van der Waals surface area contributed by atoms with Gasteiger partial charge in [-0.3, -0.25) is 4.79 Å². The van der Waals surface area contributed by atoms with Crippen molar-refractivity contribution < 1.29 is 24.2 Å². The van der Waals surface area contributed by atoms with Gasteiger partial charge in [-0.25, -0.2) is 4.79 Å². The number of carbonyl (C=O) groups is 2. The quantitative estimate of drug-likeness (QED) is 0.578. The molecular weight excluding hydrogens is 240 g/mol. The largest absolute Gasteiger partial charge is 0.480 e. The number of urea groups is 1. The van der Waals surface area contributed by atoms with Crippen LogP contribution in [0.1, 0.15) is 13.3 Å². The third kappa shape index (κ3) is 7.08. The first-order valence-electron chi connectivity index (χ1n) is 5.79. The number of hydrogen-bond donors (Lipinski definition) is 2. The van der Waals surface area contributed by atoms with Crippen molar-refractivity contribution in [2.75, 3.05) is 40.5 Å². The first-order chi connectivity index (χ1) is 8.52. The van der Waals surface area contributed by atoms with Gasteiger partial charge in [-0.2, -0.15) is 0 Å². The molecule has 0 aromatic carbocycles. The normalized spacial score (nSPS) is 11.9. The maximum absolute atomic E-state index is 11.8. The zero-order valence-electron chi connectivity index (χ0n) is 11.1. The fourth-order valence-corrected chi connectivity index (χ4v) is 1.25. The summed E-state index contributed by atoms with van der Waals surface area (Å²) >= 11 is 0. The molecule has 0 aliphatic heterocycles. The predicted molar refractivity (Wildman–Crippen MR) is 65.6 cm³/mol. The molecule has 0 aromatic rings. The summed E-state index contributed by atoms with van der Waals surface area (Å²) in [6.45, 7) is 3.28. The number of nitrogens with zero attached hydrogens (tertiary/aromatic N) is 1. The van der Waals surface area contributed by atoms with E-state index in [0.29, 0.717) is 32.7 Å². The zero-order chi connectivity index (χ0) is 14.0. The Morgan fingerprint density at radius 1 is 1.22 bits per heavy atom. The van der Waals surface area contributed by atoms with Crippen LogP contribution in [0, 0.1) is 0 Å². The predicted octanol–water partition coefficient (Wildman–Crippen LogP) is 0.154. The van der Waals surface area contributed by atoms with Crippen LogP contribution in [0.2, 0.25) is 0 Å². The molecule has 7 nitrogen and oxygen atoms in total. The lowest BCUT2D eigenvalue weighted by Crippen LogP contribution is -2.48. The van der Waals surface area contributed by atoms with Gasteiger partial charge in [0.25, 0.3) is 0 Å². The summed E-state index contributed by atoms with van der Waals surface area (Å²) in [6, 6.07) is -1.32. The van der Waals surface area contributed by atoms with Gasteiger partial charge in [-0.15, -0.1) is 0 Å². The van der Waals surface area contributed by atoms with Crippen LogP contribution in [-0.2, 0) is 14.3 Å². The number of methoxy groups -OCH3 is 2. The Labute approximate surface area is 107 Å². The zero-order valence-corrected chi connectivity index (χ0v) is 11.1. The summed E-state index contributed by atoms with van der Waals surface area (Å²) in [5.41, 5.74) is 0. The number of nitrogens with one attached hydrogen (secondary N) is 1. The monoisotopic (exact) mass is 262 g/mol. The highest BCUT2D eigenvalue weighted by molar-refractivity contribution is 5.82. The number of carboxylic acids is 1. The molecule has 0 rings (SSSR count). The van der Waals surface area contributed by atoms with E-state index in [-0.39, 0.29) is 0 Å². The SMILES string of the molecule is COCCCN(CCOC)C(=O)N[C@@H](C)C(=O)O. The highest BCUT2D eigenvalue weighted by Crippen LogP contribution is 1.95. The van der Waals surface area contributed by atoms with E-state index < -0.39 is 18.0 Å². The lowest BCUT2D eigenvalue weighted by Gasteiger charge is -2.23. The van der Waals surface area contributed by atoms with Gasteiger partial charge in [0.1, 0.15) is 6.04 Å². The van der Waals surface area contributed by atoms with E-state index in [2.05, 4.69) is 5.32 Å². The van der Waals surface area contributed by atoms with Crippen molar-refractivity contribution in [3.05, 3.63) is 0 Å². The first kappa shape index (κ1) is 16.7. The van der Waals surface area contributed by atoms with Gasteiger partial charge < -0.3 is 24.8 Å². The maximum atomic E-state index is 11.8. The van der Waals surface area contributed by atoms with Crippen LogP contribution in [-0.4, -0.2) is 68.6 Å². The van der Waals surface area contributed by atoms with E-state index in [4.69, 9.17) is 14.6 Å². The molecule has 1 atom stereocenters. The average molecular weight is 262 g/mol. The molecule has 0 unspecified atom stereocenters. The lowest BCUT2D eigenvalue weighted by atomic mass is 10.3. The van der Waals surface area contributed by atoms with Crippen molar-refractivity contribution in [1.29, 1.82) is 0 Å². The molecule has 0 saturated heterocycles. The molecule has 106 valence electrons. The van der Waals surface area contributed by atoms with Gasteiger partial charge >= 0.3 is 12.0 Å². The highest BCUT2D eigenvalue weighted by atomic mass is 16.5. The Morgan fingerprint density at radius 2 is 1.83 bits per heavy atom. The van der Waals surface area contributed by atoms with Crippen molar-refractivity contribution in [1.82, 2.24) is 10.2 Å². The number of amides is 2. The Bertz CT molecular complexity index is 260. The van der Waals surface area contributed by atoms with Gasteiger partial charge in [0.2, 0.25) is 0 Å². The molecule has 18 heavy (non-hydrogen) atoms. The van der Waals surface area contributed by atoms with E-state index >= 15 is 0 Å². The smallest absolute Gasteiger partial charge is 0.325 e. The maximum Gasteiger partial charge on any atom is 0.325 e. The molecule has 2 N–H and O–H groups in total. The van der Waals surface area contributed by atoms with Crippen LogP contribution in [0.5, 0.6) is 0 Å². The van der Waals surface area contributed by atoms with E-state index in [1.165, 1.54) is 11.8 Å². The van der Waals surface area contributed by atoms with Gasteiger partial charge in [-0.1, -0.05) is 0 Å². The van der Waals surface area contributed by atoms with Crippen LogP contribution in [0.3, 0.4) is 0 Å². The number of rotatable bonds is 9. The van der Waals surface area contributed by atoms with E-state index in [1.54, 1.807) is 14.2 Å². The molecule has 2 amide bonds. The minimum Gasteiger partial charge on any atom is -0.480 e. The Hall–Kier alpha value is -1.34. The Morgan fingerprint density at radius 3 is 2.33 bits per heavy atom. The number of carbonyl (C=O) groups excluding carboxylic acids is 1. The van der Waals surface area contributed by atoms with Crippen LogP contribution >= 0.6 is 0 Å². The summed E-state index contributed by atoms with van der Waals surface area (Å²) in [5.74, 6) is -1.06. The minimum atomic E-state index is -1.06. The molecule has 0 spiro atoms. The summed E-state index contributed by atoms with van der Waals surface area (Å²) in [4.78, 5) is 24.0. The van der Waals surface area contributed by atoms with Crippen LogP contribution < -0.4 is 5.32 Å². The van der Waals surface area contributed by atoms with Crippen molar-refractivity contribution >= 4 is 12.0 Å². The summed E-state index contributed by atoms with van der Waals surface area (Å²) < 4.78 is 9.82. The molecule has 0 bridgehead atoms. The molecule has 7 heteroatoms. The molecule has 0 aliphatic rings. The number of ether oxygens (including phenoxy) is 2. The summed E-state index contributed by atoms with van der Waals surface area (Å²) in [5, 5.41) is 11.1. The molecule has 0 aromatic heterocycles. The molecule has 0 aliphatic carbocycles. The van der Waals surface area contributed by atoms with Crippen LogP contribution in [0.15, 0.2) is 0 Å². The Kier molecular flexibility index (Phi) is 8.95. The average Bonchev–Trinajstić information content (AvgIpc) is 2.33. The molecule has 0 heterocycles. The second-order valence-electron chi connectivity index (χ2n) is 3.84. The fourth-order valence-electron chi connectivity index (χ4n) is 1.25. The van der Waals surface area contributed by atoms with Crippen molar-refractivity contribution in [2.45, 2.75) is 19.4 Å². The van der Waals surface area contributed by atoms with Crippen molar-refractivity contribution in [3.63, 3.8) is 0 Å². The number of aliphatic carboxylic acids is 1. The van der Waals surface area contributed by atoms with Crippen LogP contribution in [0.4, 0.5) is 4.79 Å². The van der Waals surface area contributed by atoms with E-state index in [9.17, 15) is 9.59 Å². The van der Waals surface area contributed by atoms with Crippen molar-refractivity contribution in [3.8, 4) is 0 Å². The minimum absolute atomic E-state index is 0.405. The molecule has 0 fully saturated rings. The second kappa shape index (κ2) is 9.67. The third-order valence-electron chi connectivity index (χ3n) is 2.34. The number of hydrogen-bond acceptors (Lipinski definition) is 4. The van der Waals surface area contributed by atoms with Crippen LogP contribution in [0.25, 0.3) is 0 Å². The van der Waals surface area contributed by atoms with Gasteiger partial charge in [-0.05, 0) is 13.3 Å². The summed E-state index contributed by atoms with van der Waals surface area (Å²) in [7, 11) is 3.14. The van der Waals surface area contributed by atoms with Gasteiger partial charge in [0.05, 0.1) is 6.61 Å². The highest BCUT2D eigenvalue weighted by Gasteiger charge is 2.18.